The minimum Gasteiger partial charge on any atom is -0.309 e. The van der Waals surface area contributed by atoms with Gasteiger partial charge in [0.2, 0.25) is 0 Å². The molecule has 3 nitrogen and oxygen atoms in total. The van der Waals surface area contributed by atoms with Crippen LogP contribution in [0.25, 0.3) is 127 Å². The van der Waals surface area contributed by atoms with Crippen LogP contribution in [0.3, 0.4) is 0 Å². The van der Waals surface area contributed by atoms with E-state index in [1.165, 1.54) is 97.5 Å². The van der Waals surface area contributed by atoms with E-state index in [9.17, 15) is 0 Å². The van der Waals surface area contributed by atoms with E-state index in [1.807, 2.05) is 0 Å². The first kappa shape index (κ1) is 51.1. The first-order valence-corrected chi connectivity index (χ1v) is 32.4. The SMILES string of the molecule is c1ccc(-c2cc(-c3ccccc3)cc([Si](c3ccccc3)(c3ccccc3)c3cccc(-c4cc(-n5c6ccccc6c6cc(-c7ccccc7)ccc65)cc(-n5c6ccccc6c6cc(-n7c8ccccc8c8ccccc87)ccc65)c4)c3)c2)cc1. The lowest BCUT2D eigenvalue weighted by Gasteiger charge is -2.35. The second kappa shape index (κ2) is 21.0. The van der Waals surface area contributed by atoms with Gasteiger partial charge in [0.25, 0.3) is 0 Å². The molecule has 0 aliphatic rings. The van der Waals surface area contributed by atoms with Gasteiger partial charge in [0.1, 0.15) is 0 Å². The van der Waals surface area contributed by atoms with Gasteiger partial charge >= 0.3 is 0 Å². The molecule has 88 heavy (non-hydrogen) atoms. The Balaban J connectivity index is 0.935. The molecule has 0 aliphatic heterocycles. The smallest absolute Gasteiger partial charge is 0.179 e. The number of aromatic nitrogens is 3. The van der Waals surface area contributed by atoms with Crippen LogP contribution in [0.2, 0.25) is 0 Å². The summed E-state index contributed by atoms with van der Waals surface area (Å²) in [6.45, 7) is 0. The molecule has 17 aromatic rings. The van der Waals surface area contributed by atoms with Gasteiger partial charge in [0, 0.05) is 49.4 Å². The molecule has 3 aromatic heterocycles. The van der Waals surface area contributed by atoms with Crippen molar-refractivity contribution in [3.63, 3.8) is 0 Å². The van der Waals surface area contributed by atoms with E-state index in [0.717, 1.165) is 50.3 Å². The Morgan fingerprint density at radius 1 is 0.159 bits per heavy atom. The molecular weight excluding hydrogens is 1080 g/mol. The molecule has 14 aromatic carbocycles. The van der Waals surface area contributed by atoms with Gasteiger partial charge in [-0.25, -0.2) is 0 Å². The molecule has 0 saturated heterocycles. The zero-order valence-electron chi connectivity index (χ0n) is 48.3. The molecule has 0 fully saturated rings. The summed E-state index contributed by atoms with van der Waals surface area (Å²) in [5.74, 6) is 0. The maximum Gasteiger partial charge on any atom is 0.179 e. The third kappa shape index (κ3) is 8.33. The molecule has 0 N–H and O–H groups in total. The Morgan fingerprint density at radius 3 is 0.977 bits per heavy atom. The van der Waals surface area contributed by atoms with Crippen molar-refractivity contribution in [3.8, 4) is 61.6 Å². The van der Waals surface area contributed by atoms with Crippen LogP contribution in [0.15, 0.2) is 346 Å². The van der Waals surface area contributed by atoms with Gasteiger partial charge in [-0.1, -0.05) is 267 Å². The lowest BCUT2D eigenvalue weighted by Crippen LogP contribution is -2.74. The zero-order chi connectivity index (χ0) is 58.1. The van der Waals surface area contributed by atoms with Crippen molar-refractivity contribution in [2.45, 2.75) is 0 Å². The van der Waals surface area contributed by atoms with Crippen LogP contribution in [0, 0.1) is 0 Å². The number of nitrogens with zero attached hydrogens (tertiary/aromatic N) is 3. The summed E-state index contributed by atoms with van der Waals surface area (Å²) in [7, 11) is -3.18. The fourth-order valence-electron chi connectivity index (χ4n) is 14.4. The van der Waals surface area contributed by atoms with Gasteiger partial charge in [-0.15, -0.1) is 0 Å². The number of hydrogen-bond donors (Lipinski definition) is 0. The average molecular weight is 1140 g/mol. The first-order chi connectivity index (χ1) is 43.6. The molecule has 0 spiro atoms. The van der Waals surface area contributed by atoms with Crippen LogP contribution in [-0.2, 0) is 0 Å². The van der Waals surface area contributed by atoms with Gasteiger partial charge in [0.15, 0.2) is 8.07 Å². The first-order valence-electron chi connectivity index (χ1n) is 30.4. The second-order valence-electron chi connectivity index (χ2n) is 23.2. The lowest BCUT2D eigenvalue weighted by molar-refractivity contribution is 1.13. The summed E-state index contributed by atoms with van der Waals surface area (Å²) in [5.41, 5.74) is 19.7. The molecule has 3 heterocycles. The highest BCUT2D eigenvalue weighted by Gasteiger charge is 2.42. The van der Waals surface area contributed by atoms with E-state index < -0.39 is 8.07 Å². The quantitative estimate of drug-likeness (QED) is 0.0906. The molecule has 4 heteroatoms. The summed E-state index contributed by atoms with van der Waals surface area (Å²) >= 11 is 0. The molecule has 0 unspecified atom stereocenters. The number of hydrogen-bond acceptors (Lipinski definition) is 0. The van der Waals surface area contributed by atoms with E-state index in [0.29, 0.717) is 0 Å². The maximum atomic E-state index is 2.54. The summed E-state index contributed by atoms with van der Waals surface area (Å²) in [5, 5.41) is 12.6. The Labute approximate surface area is 512 Å². The Bertz CT molecular complexity index is 5340. The largest absolute Gasteiger partial charge is 0.309 e. The lowest BCUT2D eigenvalue weighted by atomic mass is 9.99. The van der Waals surface area contributed by atoms with E-state index in [1.54, 1.807) is 0 Å². The predicted octanol–water partition coefficient (Wildman–Crippen LogP) is 19.0. The fraction of sp³-hybridized carbons (Fsp3) is 0. The number of rotatable bonds is 11. The van der Waals surface area contributed by atoms with Gasteiger partial charge in [-0.2, -0.15) is 0 Å². The molecule has 0 saturated carbocycles. The van der Waals surface area contributed by atoms with Crippen LogP contribution < -0.4 is 20.7 Å². The van der Waals surface area contributed by atoms with Gasteiger partial charge in [-0.3, -0.25) is 0 Å². The van der Waals surface area contributed by atoms with Crippen LogP contribution in [-0.4, -0.2) is 21.8 Å². The van der Waals surface area contributed by atoms with Gasteiger partial charge in [-0.05, 0) is 144 Å². The van der Waals surface area contributed by atoms with Crippen molar-refractivity contribution < 1.29 is 0 Å². The van der Waals surface area contributed by atoms with Crippen LogP contribution >= 0.6 is 0 Å². The number of para-hydroxylation sites is 4. The van der Waals surface area contributed by atoms with Crippen molar-refractivity contribution in [2.75, 3.05) is 0 Å². The maximum absolute atomic E-state index is 3.18. The summed E-state index contributed by atoms with van der Waals surface area (Å²) in [6, 6.07) is 129. The Morgan fingerprint density at radius 2 is 0.489 bits per heavy atom. The van der Waals surface area contributed by atoms with Crippen molar-refractivity contribution in [1.82, 2.24) is 13.7 Å². The molecule has 0 bridgehead atoms. The minimum absolute atomic E-state index is 1.08. The van der Waals surface area contributed by atoms with E-state index in [-0.39, 0.29) is 0 Å². The highest BCUT2D eigenvalue weighted by atomic mass is 28.3. The minimum atomic E-state index is -3.18. The van der Waals surface area contributed by atoms with Crippen molar-refractivity contribution in [2.24, 2.45) is 0 Å². The highest BCUT2D eigenvalue weighted by molar-refractivity contribution is 7.20. The van der Waals surface area contributed by atoms with Gasteiger partial charge < -0.3 is 13.7 Å². The normalized spacial score (nSPS) is 11.9. The van der Waals surface area contributed by atoms with Crippen LogP contribution in [0.1, 0.15) is 0 Å². The predicted molar refractivity (Wildman–Crippen MR) is 375 cm³/mol. The van der Waals surface area contributed by atoms with Crippen molar-refractivity contribution in [3.05, 3.63) is 346 Å². The molecule has 412 valence electrons. The number of benzene rings is 14. The molecular formula is C84H57N3Si. The van der Waals surface area contributed by atoms with E-state index in [4.69, 9.17) is 0 Å². The van der Waals surface area contributed by atoms with E-state index >= 15 is 0 Å². The van der Waals surface area contributed by atoms with Crippen LogP contribution in [0.5, 0.6) is 0 Å². The Kier molecular flexibility index (Phi) is 12.2. The molecule has 0 radical (unpaired) electrons. The van der Waals surface area contributed by atoms with Crippen molar-refractivity contribution >= 4 is 94.2 Å². The summed E-state index contributed by atoms with van der Waals surface area (Å²) in [6.07, 6.45) is 0. The standard InChI is InChI=1S/C84H57N3Si/c1-6-25-58(26-7-1)62-45-47-83-77(55-62)75-39-18-22-43-81(75)86(83)67-50-65(51-68(56-67)87-82-44-23-19-40-76(82)78-57-66(46-48-84(78)87)85-79-41-20-16-37-73(79)74-38-17-21-42-80(74)85)61-31-24-36-71(52-61)88(69-32-12-4-13-33-69,70-34-14-5-15-35-70)72-53-63(59-27-8-2-9-28-59)49-64(54-72)60-29-10-3-11-30-60/h1-57H. The third-order valence-corrected chi connectivity index (χ3v) is 23.0. The number of fused-ring (bicyclic) bond motifs is 9. The Hall–Kier alpha value is -11.3. The molecule has 0 aliphatic carbocycles. The van der Waals surface area contributed by atoms with Crippen molar-refractivity contribution in [1.29, 1.82) is 0 Å². The molecule has 0 amide bonds. The molecule has 17 rings (SSSR count). The summed E-state index contributed by atoms with van der Waals surface area (Å²) < 4.78 is 7.44. The van der Waals surface area contributed by atoms with E-state index in [2.05, 4.69) is 359 Å². The third-order valence-electron chi connectivity index (χ3n) is 18.3. The average Bonchev–Trinajstić information content (AvgIpc) is 1.46. The second-order valence-corrected chi connectivity index (χ2v) is 27.0. The molecule has 0 atom stereocenters. The fourth-order valence-corrected chi connectivity index (χ4v) is 19.3. The zero-order valence-corrected chi connectivity index (χ0v) is 49.3. The highest BCUT2D eigenvalue weighted by Crippen LogP contribution is 2.41. The van der Waals surface area contributed by atoms with Crippen LogP contribution in [0.4, 0.5) is 0 Å². The monoisotopic (exact) mass is 1140 g/mol. The topological polar surface area (TPSA) is 14.8 Å². The van der Waals surface area contributed by atoms with Gasteiger partial charge in [0.05, 0.1) is 33.1 Å². The summed E-state index contributed by atoms with van der Waals surface area (Å²) in [4.78, 5) is 0.